The van der Waals surface area contributed by atoms with E-state index in [0.29, 0.717) is 12.4 Å². The van der Waals surface area contributed by atoms with Crippen molar-refractivity contribution in [1.82, 2.24) is 4.98 Å². The summed E-state index contributed by atoms with van der Waals surface area (Å²) in [6.45, 7) is 2.74. The first-order valence-electron chi connectivity index (χ1n) is 7.75. The number of nitrogens with one attached hydrogen (secondary N) is 1. The van der Waals surface area contributed by atoms with E-state index < -0.39 is 0 Å². The normalized spacial score (nSPS) is 11.1. The van der Waals surface area contributed by atoms with Gasteiger partial charge in [0.05, 0.1) is 30.1 Å². The largest absolute Gasteiger partial charge is 0.493 e. The molecule has 24 heavy (non-hydrogen) atoms. The topological polar surface area (TPSA) is 55.7 Å². The van der Waals surface area contributed by atoms with Gasteiger partial charge in [0.2, 0.25) is 5.13 Å². The van der Waals surface area contributed by atoms with Gasteiger partial charge in [-0.15, -0.1) is 0 Å². The van der Waals surface area contributed by atoms with Crippen LogP contribution in [0.1, 0.15) is 18.9 Å². The minimum atomic E-state index is 0.670. The van der Waals surface area contributed by atoms with Crippen LogP contribution < -0.4 is 14.9 Å². The Balaban J connectivity index is 1.69. The molecular weight excluding hydrogens is 322 g/mol. The number of methoxy groups -OCH3 is 1. The van der Waals surface area contributed by atoms with Gasteiger partial charge >= 0.3 is 0 Å². The van der Waals surface area contributed by atoms with E-state index in [1.54, 1.807) is 24.7 Å². The number of rotatable bonds is 7. The van der Waals surface area contributed by atoms with Gasteiger partial charge in [0.1, 0.15) is 0 Å². The van der Waals surface area contributed by atoms with Gasteiger partial charge in [-0.1, -0.05) is 30.4 Å². The van der Waals surface area contributed by atoms with Gasteiger partial charge in [0.25, 0.3) is 0 Å². The van der Waals surface area contributed by atoms with Crippen LogP contribution in [0.15, 0.2) is 47.6 Å². The number of aromatic nitrogens is 1. The number of fused-ring (bicyclic) bond motifs is 1. The standard InChI is InChI=1S/C18H19N3O2S/c1-3-10-23-15-9-8-13(11-16(15)22-2)12-19-21-18-20-14-6-4-5-7-17(14)24-18/h4-9,11-12H,3,10H2,1-2H3,(H,20,21)/b19-12+. The molecule has 124 valence electrons. The Morgan fingerprint density at radius 2 is 2.08 bits per heavy atom. The van der Waals surface area contributed by atoms with E-state index in [1.807, 2.05) is 42.5 Å². The molecule has 0 aliphatic carbocycles. The Bertz CT molecular complexity index is 812. The Labute approximate surface area is 144 Å². The SMILES string of the molecule is CCCOc1ccc(/C=N/Nc2nc3ccccc3s2)cc1OC. The third kappa shape index (κ3) is 3.83. The monoisotopic (exact) mass is 341 g/mol. The number of hydrazone groups is 1. The Morgan fingerprint density at radius 1 is 1.21 bits per heavy atom. The van der Waals surface area contributed by atoms with Crippen LogP contribution in [-0.4, -0.2) is 24.9 Å². The summed E-state index contributed by atoms with van der Waals surface area (Å²) >= 11 is 1.57. The van der Waals surface area contributed by atoms with Crippen molar-refractivity contribution in [2.24, 2.45) is 5.10 Å². The maximum absolute atomic E-state index is 5.65. The van der Waals surface area contributed by atoms with E-state index in [0.717, 1.165) is 33.1 Å². The molecule has 3 aromatic rings. The Morgan fingerprint density at radius 3 is 2.88 bits per heavy atom. The second-order valence-electron chi connectivity index (χ2n) is 5.12. The van der Waals surface area contributed by atoms with Crippen molar-refractivity contribution < 1.29 is 9.47 Å². The van der Waals surface area contributed by atoms with Crippen LogP contribution >= 0.6 is 11.3 Å². The zero-order valence-electron chi connectivity index (χ0n) is 13.7. The molecule has 0 fully saturated rings. The lowest BCUT2D eigenvalue weighted by Crippen LogP contribution is -1.98. The summed E-state index contributed by atoms with van der Waals surface area (Å²) in [5.41, 5.74) is 4.87. The van der Waals surface area contributed by atoms with Crippen LogP contribution in [0.3, 0.4) is 0 Å². The maximum atomic E-state index is 5.65. The van der Waals surface area contributed by atoms with E-state index in [4.69, 9.17) is 9.47 Å². The zero-order chi connectivity index (χ0) is 16.8. The van der Waals surface area contributed by atoms with Gasteiger partial charge in [-0.05, 0) is 42.3 Å². The number of para-hydroxylation sites is 1. The van der Waals surface area contributed by atoms with E-state index in [-0.39, 0.29) is 0 Å². The molecule has 0 unspecified atom stereocenters. The summed E-state index contributed by atoms with van der Waals surface area (Å²) in [7, 11) is 1.63. The number of thiazole rings is 1. The molecule has 1 heterocycles. The number of hydrogen-bond donors (Lipinski definition) is 1. The van der Waals surface area contributed by atoms with Crippen LogP contribution in [0.5, 0.6) is 11.5 Å². The first-order chi connectivity index (χ1) is 11.8. The number of benzene rings is 2. The Hall–Kier alpha value is -2.60. The van der Waals surface area contributed by atoms with E-state index in [2.05, 4.69) is 22.4 Å². The average Bonchev–Trinajstić information content (AvgIpc) is 3.03. The molecule has 2 aromatic carbocycles. The van der Waals surface area contributed by atoms with Crippen LogP contribution in [0.4, 0.5) is 5.13 Å². The van der Waals surface area contributed by atoms with Gasteiger partial charge in [0.15, 0.2) is 11.5 Å². The number of anilines is 1. The van der Waals surface area contributed by atoms with Gasteiger partial charge < -0.3 is 9.47 Å². The highest BCUT2D eigenvalue weighted by Crippen LogP contribution is 2.28. The van der Waals surface area contributed by atoms with Crippen molar-refractivity contribution in [1.29, 1.82) is 0 Å². The minimum absolute atomic E-state index is 0.670. The molecule has 1 aromatic heterocycles. The van der Waals surface area contributed by atoms with Crippen molar-refractivity contribution in [2.45, 2.75) is 13.3 Å². The highest BCUT2D eigenvalue weighted by Gasteiger charge is 2.05. The van der Waals surface area contributed by atoms with Gasteiger partial charge in [-0.25, -0.2) is 4.98 Å². The molecule has 5 nitrogen and oxygen atoms in total. The number of hydrogen-bond acceptors (Lipinski definition) is 6. The molecular formula is C18H19N3O2S. The lowest BCUT2D eigenvalue weighted by Gasteiger charge is -2.10. The van der Waals surface area contributed by atoms with Crippen molar-refractivity contribution in [3.8, 4) is 11.5 Å². The predicted octanol–water partition coefficient (Wildman–Crippen LogP) is 4.54. The van der Waals surface area contributed by atoms with Crippen LogP contribution in [0.25, 0.3) is 10.2 Å². The second kappa shape index (κ2) is 7.79. The lowest BCUT2D eigenvalue weighted by molar-refractivity contribution is 0.294. The maximum Gasteiger partial charge on any atom is 0.204 e. The first kappa shape index (κ1) is 16.3. The molecule has 0 aliphatic heterocycles. The lowest BCUT2D eigenvalue weighted by atomic mass is 10.2. The van der Waals surface area contributed by atoms with Crippen LogP contribution in [0.2, 0.25) is 0 Å². The number of nitrogens with zero attached hydrogens (tertiary/aromatic N) is 2. The van der Waals surface area contributed by atoms with Gasteiger partial charge in [0, 0.05) is 0 Å². The summed E-state index contributed by atoms with van der Waals surface area (Å²) in [6.07, 6.45) is 2.69. The highest BCUT2D eigenvalue weighted by atomic mass is 32.1. The van der Waals surface area contributed by atoms with E-state index >= 15 is 0 Å². The fourth-order valence-corrected chi connectivity index (χ4v) is 2.99. The molecule has 0 aliphatic rings. The number of ether oxygens (including phenoxy) is 2. The quantitative estimate of drug-likeness (QED) is 0.506. The van der Waals surface area contributed by atoms with E-state index in [9.17, 15) is 0 Å². The zero-order valence-corrected chi connectivity index (χ0v) is 14.5. The molecule has 3 rings (SSSR count). The molecule has 0 spiro atoms. The van der Waals surface area contributed by atoms with E-state index in [1.165, 1.54) is 0 Å². The molecule has 6 heteroatoms. The van der Waals surface area contributed by atoms with Gasteiger partial charge in [-0.3, -0.25) is 5.43 Å². The summed E-state index contributed by atoms with van der Waals surface area (Å²) in [6, 6.07) is 13.7. The fourth-order valence-electron chi connectivity index (χ4n) is 2.18. The predicted molar refractivity (Wildman–Crippen MR) is 99.6 cm³/mol. The fraction of sp³-hybridized carbons (Fsp3) is 0.222. The summed E-state index contributed by atoms with van der Waals surface area (Å²) in [5, 5.41) is 5.02. The molecule has 0 bridgehead atoms. The van der Waals surface area contributed by atoms with Crippen molar-refractivity contribution in [3.63, 3.8) is 0 Å². The van der Waals surface area contributed by atoms with Crippen LogP contribution in [-0.2, 0) is 0 Å². The third-order valence-corrected chi connectivity index (χ3v) is 4.26. The van der Waals surface area contributed by atoms with Crippen molar-refractivity contribution in [2.75, 3.05) is 19.1 Å². The molecule has 0 amide bonds. The molecule has 0 saturated carbocycles. The summed E-state index contributed by atoms with van der Waals surface area (Å²) < 4.78 is 12.1. The molecule has 1 N–H and O–H groups in total. The summed E-state index contributed by atoms with van der Waals surface area (Å²) in [4.78, 5) is 4.47. The highest BCUT2D eigenvalue weighted by molar-refractivity contribution is 7.22. The van der Waals surface area contributed by atoms with Gasteiger partial charge in [-0.2, -0.15) is 5.10 Å². The first-order valence-corrected chi connectivity index (χ1v) is 8.57. The third-order valence-electron chi connectivity index (χ3n) is 3.32. The minimum Gasteiger partial charge on any atom is -0.493 e. The van der Waals surface area contributed by atoms with Crippen molar-refractivity contribution >= 4 is 32.9 Å². The Kier molecular flexibility index (Phi) is 5.28. The smallest absolute Gasteiger partial charge is 0.204 e. The second-order valence-corrected chi connectivity index (χ2v) is 6.15. The average molecular weight is 341 g/mol. The summed E-state index contributed by atoms with van der Waals surface area (Å²) in [5.74, 6) is 1.45. The molecule has 0 saturated heterocycles. The molecule has 0 radical (unpaired) electrons. The van der Waals surface area contributed by atoms with Crippen LogP contribution in [0, 0.1) is 0 Å². The molecule has 0 atom stereocenters. The van der Waals surface area contributed by atoms with Crippen molar-refractivity contribution in [3.05, 3.63) is 48.0 Å².